The molecule has 0 saturated carbocycles. The van der Waals surface area contributed by atoms with E-state index in [1.807, 2.05) is 31.2 Å². The summed E-state index contributed by atoms with van der Waals surface area (Å²) in [5.74, 6) is -1.56. The minimum Gasteiger partial charge on any atom is -0.263 e. The smallest absolute Gasteiger partial charge is 0.263 e. The van der Waals surface area contributed by atoms with E-state index in [1.54, 1.807) is 6.92 Å². The van der Waals surface area contributed by atoms with Crippen LogP contribution in [0.3, 0.4) is 0 Å². The second-order valence-electron chi connectivity index (χ2n) is 5.73. The average Bonchev–Trinajstić information content (AvgIpc) is 2.77. The topological polar surface area (TPSA) is 83.5 Å². The van der Waals surface area contributed by atoms with Crippen LogP contribution in [-0.2, 0) is 16.1 Å². The zero-order chi connectivity index (χ0) is 17.3. The maximum absolute atomic E-state index is 12.4. The summed E-state index contributed by atoms with van der Waals surface area (Å²) in [6.07, 6.45) is 1.51. The number of fused-ring (bicyclic) bond motifs is 1. The second kappa shape index (κ2) is 6.35. The highest BCUT2D eigenvalue weighted by atomic mass is 16.2. The first kappa shape index (κ1) is 16.0. The molecule has 3 rings (SSSR count). The Morgan fingerprint density at radius 1 is 0.958 bits per heavy atom. The van der Waals surface area contributed by atoms with Crippen molar-refractivity contribution in [3.8, 4) is 0 Å². The molecule has 0 radical (unpaired) electrons. The van der Waals surface area contributed by atoms with E-state index in [-0.39, 0.29) is 13.1 Å². The lowest BCUT2D eigenvalue weighted by molar-refractivity contribution is -0.143. The molecule has 2 heterocycles. The summed E-state index contributed by atoms with van der Waals surface area (Å²) in [5.41, 5.74) is 2.58. The van der Waals surface area contributed by atoms with Crippen LogP contribution in [0.15, 0.2) is 24.3 Å². The van der Waals surface area contributed by atoms with Gasteiger partial charge in [0.1, 0.15) is 0 Å². The van der Waals surface area contributed by atoms with Crippen LogP contribution >= 0.6 is 0 Å². The first-order chi connectivity index (χ1) is 11.5. The van der Waals surface area contributed by atoms with Gasteiger partial charge in [-0.05, 0) is 25.5 Å². The molecular weight excluding hydrogens is 308 g/mol. The number of benzene rings is 1. The maximum atomic E-state index is 12.4. The number of urea groups is 1. The summed E-state index contributed by atoms with van der Waals surface area (Å²) in [4.78, 5) is 47.4. The monoisotopic (exact) mass is 326 g/mol. The molecule has 7 heteroatoms. The molecule has 0 spiro atoms. The number of imide groups is 2. The number of nitrogens with zero attached hydrogens (tertiary/aromatic N) is 4. The van der Waals surface area contributed by atoms with Gasteiger partial charge in [0, 0.05) is 6.54 Å². The van der Waals surface area contributed by atoms with Crippen molar-refractivity contribution < 1.29 is 14.4 Å². The first-order valence-electron chi connectivity index (χ1n) is 7.92. The van der Waals surface area contributed by atoms with Gasteiger partial charge in [0.05, 0.1) is 29.0 Å². The first-order valence-corrected chi connectivity index (χ1v) is 7.92. The van der Waals surface area contributed by atoms with Gasteiger partial charge in [-0.3, -0.25) is 14.5 Å². The minimum absolute atomic E-state index is 0.0459. The van der Waals surface area contributed by atoms with Crippen LogP contribution < -0.4 is 0 Å². The summed E-state index contributed by atoms with van der Waals surface area (Å²) >= 11 is 0. The maximum Gasteiger partial charge on any atom is 0.334 e. The van der Waals surface area contributed by atoms with Crippen LogP contribution in [0.1, 0.15) is 31.2 Å². The Morgan fingerprint density at radius 2 is 1.58 bits per heavy atom. The third-order valence-electron chi connectivity index (χ3n) is 4.02. The molecule has 1 aliphatic rings. The van der Waals surface area contributed by atoms with Gasteiger partial charge in [-0.25, -0.2) is 19.7 Å². The third-order valence-corrected chi connectivity index (χ3v) is 4.02. The quantitative estimate of drug-likeness (QED) is 0.620. The van der Waals surface area contributed by atoms with E-state index in [0.717, 1.165) is 21.7 Å². The second-order valence-corrected chi connectivity index (χ2v) is 5.73. The average molecular weight is 326 g/mol. The predicted octanol–water partition coefficient (Wildman–Crippen LogP) is 2.03. The molecule has 0 aliphatic carbocycles. The van der Waals surface area contributed by atoms with Gasteiger partial charge >= 0.3 is 17.8 Å². The van der Waals surface area contributed by atoms with Gasteiger partial charge in [-0.1, -0.05) is 25.5 Å². The van der Waals surface area contributed by atoms with Gasteiger partial charge in [0.25, 0.3) is 0 Å². The zero-order valence-electron chi connectivity index (χ0n) is 13.7. The van der Waals surface area contributed by atoms with E-state index >= 15 is 0 Å². The van der Waals surface area contributed by atoms with Crippen LogP contribution in [0.5, 0.6) is 0 Å². The Labute approximate surface area is 139 Å². The standard InChI is InChI=1S/C17H18N4O3/c1-3-4-9-20-15(22)16(23)21(17(20)24)10-14-11(2)18-12-7-5-6-8-13(12)19-14/h5-8H,3-4,9-10H2,1-2H3. The zero-order valence-corrected chi connectivity index (χ0v) is 13.7. The highest BCUT2D eigenvalue weighted by molar-refractivity contribution is 6.44. The molecule has 7 nitrogen and oxygen atoms in total. The molecule has 2 aromatic rings. The van der Waals surface area contributed by atoms with E-state index < -0.39 is 17.8 Å². The Hall–Kier alpha value is -2.83. The number of aromatic nitrogens is 2. The number of unbranched alkanes of at least 4 members (excludes halogenated alkanes) is 1. The van der Waals surface area contributed by atoms with E-state index in [0.29, 0.717) is 23.3 Å². The van der Waals surface area contributed by atoms with Gasteiger partial charge in [0.2, 0.25) is 0 Å². The van der Waals surface area contributed by atoms with Crippen molar-refractivity contribution in [3.05, 3.63) is 35.7 Å². The molecule has 1 aromatic heterocycles. The predicted molar refractivity (Wildman–Crippen MR) is 86.8 cm³/mol. The number of amides is 4. The third kappa shape index (κ3) is 2.73. The molecule has 1 aromatic carbocycles. The van der Waals surface area contributed by atoms with Crippen molar-refractivity contribution in [1.29, 1.82) is 0 Å². The number of rotatable bonds is 5. The lowest BCUT2D eigenvalue weighted by Gasteiger charge is -2.16. The normalized spacial score (nSPS) is 15.0. The number of para-hydroxylation sites is 2. The highest BCUT2D eigenvalue weighted by Gasteiger charge is 2.44. The van der Waals surface area contributed by atoms with Crippen LogP contribution in [-0.4, -0.2) is 44.2 Å². The van der Waals surface area contributed by atoms with Crippen LogP contribution in [0.4, 0.5) is 4.79 Å². The number of carbonyl (C=O) groups excluding carboxylic acids is 3. The summed E-state index contributed by atoms with van der Waals surface area (Å²) in [6.45, 7) is 3.95. The van der Waals surface area contributed by atoms with E-state index in [4.69, 9.17) is 0 Å². The molecule has 0 unspecified atom stereocenters. The molecule has 1 aliphatic heterocycles. The number of aryl methyl sites for hydroxylation is 1. The minimum atomic E-state index is -0.800. The SMILES string of the molecule is CCCCN1C(=O)C(=O)N(Cc2nc3ccccc3nc2C)C1=O. The van der Waals surface area contributed by atoms with Gasteiger partial charge in [-0.2, -0.15) is 0 Å². The lowest BCUT2D eigenvalue weighted by atomic mass is 10.2. The molecule has 1 saturated heterocycles. The fraction of sp³-hybridized carbons (Fsp3) is 0.353. The van der Waals surface area contributed by atoms with Crippen molar-refractivity contribution in [3.63, 3.8) is 0 Å². The van der Waals surface area contributed by atoms with Gasteiger partial charge in [-0.15, -0.1) is 0 Å². The lowest BCUT2D eigenvalue weighted by Crippen LogP contribution is -2.34. The fourth-order valence-corrected chi connectivity index (χ4v) is 2.63. The van der Waals surface area contributed by atoms with Crippen molar-refractivity contribution in [1.82, 2.24) is 19.8 Å². The number of hydrogen-bond acceptors (Lipinski definition) is 5. The largest absolute Gasteiger partial charge is 0.334 e. The molecule has 0 bridgehead atoms. The Morgan fingerprint density at radius 3 is 2.25 bits per heavy atom. The summed E-state index contributed by atoms with van der Waals surface area (Å²) in [7, 11) is 0. The molecule has 0 N–H and O–H groups in total. The Kier molecular flexibility index (Phi) is 4.24. The van der Waals surface area contributed by atoms with Crippen LogP contribution in [0, 0.1) is 6.92 Å². The summed E-state index contributed by atoms with van der Waals surface area (Å²) < 4.78 is 0. The molecule has 4 amide bonds. The van der Waals surface area contributed by atoms with E-state index in [2.05, 4.69) is 9.97 Å². The molecule has 124 valence electrons. The van der Waals surface area contributed by atoms with Crippen molar-refractivity contribution in [2.45, 2.75) is 33.2 Å². The molecule has 0 atom stereocenters. The fourth-order valence-electron chi connectivity index (χ4n) is 2.63. The number of hydrogen-bond donors (Lipinski definition) is 0. The van der Waals surface area contributed by atoms with Crippen LogP contribution in [0.2, 0.25) is 0 Å². The molecular formula is C17H18N4O3. The molecule has 1 fully saturated rings. The van der Waals surface area contributed by atoms with Crippen molar-refractivity contribution in [2.75, 3.05) is 6.54 Å². The van der Waals surface area contributed by atoms with E-state index in [9.17, 15) is 14.4 Å². The Bertz CT molecular complexity index is 834. The van der Waals surface area contributed by atoms with Gasteiger partial charge < -0.3 is 0 Å². The van der Waals surface area contributed by atoms with Crippen LogP contribution in [0.25, 0.3) is 11.0 Å². The number of carbonyl (C=O) groups is 3. The molecule has 24 heavy (non-hydrogen) atoms. The summed E-state index contributed by atoms with van der Waals surface area (Å²) in [5, 5.41) is 0. The Balaban J connectivity index is 1.88. The van der Waals surface area contributed by atoms with E-state index in [1.165, 1.54) is 0 Å². The van der Waals surface area contributed by atoms with Crippen molar-refractivity contribution >= 4 is 28.9 Å². The van der Waals surface area contributed by atoms with Crippen molar-refractivity contribution in [2.24, 2.45) is 0 Å². The highest BCUT2D eigenvalue weighted by Crippen LogP contribution is 2.19. The van der Waals surface area contributed by atoms with Gasteiger partial charge in [0.15, 0.2) is 0 Å². The summed E-state index contributed by atoms with van der Waals surface area (Å²) in [6, 6.07) is 6.80.